The van der Waals surface area contributed by atoms with Crippen molar-refractivity contribution < 1.29 is 9.90 Å². The Morgan fingerprint density at radius 2 is 1.89 bits per heavy atom. The van der Waals surface area contributed by atoms with E-state index in [4.69, 9.17) is 0 Å². The van der Waals surface area contributed by atoms with Crippen LogP contribution in [0.15, 0.2) is 56.7 Å². The highest BCUT2D eigenvalue weighted by atomic mass is 79.9. The monoisotopic (exact) mass is 336 g/mol. The van der Waals surface area contributed by atoms with Crippen molar-refractivity contribution in [2.24, 2.45) is 0 Å². The Bertz CT molecular complexity index is 594. The molecule has 2 rings (SSSR count). The van der Waals surface area contributed by atoms with Gasteiger partial charge in [0.25, 0.3) is 0 Å². The van der Waals surface area contributed by atoms with E-state index >= 15 is 0 Å². The van der Waals surface area contributed by atoms with Crippen LogP contribution in [0.4, 0.5) is 0 Å². The second-order valence-electron chi connectivity index (χ2n) is 4.05. The van der Waals surface area contributed by atoms with Crippen molar-refractivity contribution in [3.63, 3.8) is 0 Å². The standard InChI is InChI=1S/C15H13BrO2S/c1-2-10-3-8-14(13(9-10)15(17)18)19-12-6-4-11(16)5-7-12/h3-9H,2H2,1H3,(H,17,18). The van der Waals surface area contributed by atoms with E-state index in [0.717, 1.165) is 26.2 Å². The molecule has 2 aromatic carbocycles. The van der Waals surface area contributed by atoms with Crippen LogP contribution in [-0.2, 0) is 6.42 Å². The molecule has 98 valence electrons. The molecule has 2 nitrogen and oxygen atoms in total. The molecule has 0 saturated heterocycles. The fraction of sp³-hybridized carbons (Fsp3) is 0.133. The maximum atomic E-state index is 11.3. The maximum Gasteiger partial charge on any atom is 0.336 e. The van der Waals surface area contributed by atoms with Crippen LogP contribution in [0.25, 0.3) is 0 Å². The highest BCUT2D eigenvalue weighted by molar-refractivity contribution is 9.10. The van der Waals surface area contributed by atoms with Gasteiger partial charge in [-0.3, -0.25) is 0 Å². The van der Waals surface area contributed by atoms with Gasteiger partial charge in [-0.1, -0.05) is 40.7 Å². The van der Waals surface area contributed by atoms with Crippen molar-refractivity contribution in [2.45, 2.75) is 23.1 Å². The van der Waals surface area contributed by atoms with E-state index in [1.807, 2.05) is 43.3 Å². The molecular weight excluding hydrogens is 324 g/mol. The third kappa shape index (κ3) is 3.61. The predicted molar refractivity (Wildman–Crippen MR) is 81.0 cm³/mol. The fourth-order valence-corrected chi connectivity index (χ4v) is 2.87. The molecule has 0 aromatic heterocycles. The van der Waals surface area contributed by atoms with Gasteiger partial charge in [0, 0.05) is 14.3 Å². The van der Waals surface area contributed by atoms with Gasteiger partial charge >= 0.3 is 5.97 Å². The zero-order valence-electron chi connectivity index (χ0n) is 10.4. The van der Waals surface area contributed by atoms with Gasteiger partial charge in [-0.2, -0.15) is 0 Å². The lowest BCUT2D eigenvalue weighted by Gasteiger charge is -2.08. The van der Waals surface area contributed by atoms with Crippen LogP contribution in [-0.4, -0.2) is 11.1 Å². The van der Waals surface area contributed by atoms with E-state index in [1.54, 1.807) is 6.07 Å². The fourth-order valence-electron chi connectivity index (χ4n) is 1.68. The molecule has 0 amide bonds. The summed E-state index contributed by atoms with van der Waals surface area (Å²) in [5, 5.41) is 9.29. The van der Waals surface area contributed by atoms with E-state index in [0.29, 0.717) is 5.56 Å². The van der Waals surface area contributed by atoms with Crippen molar-refractivity contribution in [3.8, 4) is 0 Å². The van der Waals surface area contributed by atoms with Crippen molar-refractivity contribution in [1.29, 1.82) is 0 Å². The number of carboxylic acid groups (broad SMARTS) is 1. The van der Waals surface area contributed by atoms with Gasteiger partial charge in [0.05, 0.1) is 5.56 Å². The minimum absolute atomic E-state index is 0.368. The molecular formula is C15H13BrO2S. The summed E-state index contributed by atoms with van der Waals surface area (Å²) in [5.41, 5.74) is 1.41. The summed E-state index contributed by atoms with van der Waals surface area (Å²) in [7, 11) is 0. The highest BCUT2D eigenvalue weighted by Gasteiger charge is 2.11. The zero-order chi connectivity index (χ0) is 13.8. The minimum atomic E-state index is -0.880. The smallest absolute Gasteiger partial charge is 0.336 e. The summed E-state index contributed by atoms with van der Waals surface area (Å²) in [5.74, 6) is -0.880. The van der Waals surface area contributed by atoms with Gasteiger partial charge in [-0.25, -0.2) is 4.79 Å². The van der Waals surface area contributed by atoms with E-state index in [2.05, 4.69) is 15.9 Å². The lowest BCUT2D eigenvalue weighted by atomic mass is 10.1. The third-order valence-corrected chi connectivity index (χ3v) is 4.34. The van der Waals surface area contributed by atoms with E-state index in [-0.39, 0.29) is 0 Å². The van der Waals surface area contributed by atoms with Gasteiger partial charge in [0.1, 0.15) is 0 Å². The molecule has 0 atom stereocenters. The first-order valence-corrected chi connectivity index (χ1v) is 7.50. The van der Waals surface area contributed by atoms with Crippen molar-refractivity contribution in [2.75, 3.05) is 0 Å². The molecule has 0 aliphatic rings. The number of carbonyl (C=O) groups is 1. The normalized spacial score (nSPS) is 10.4. The van der Waals surface area contributed by atoms with Crippen molar-refractivity contribution in [1.82, 2.24) is 0 Å². The van der Waals surface area contributed by atoms with Crippen LogP contribution in [0.5, 0.6) is 0 Å². The maximum absolute atomic E-state index is 11.3. The molecule has 1 N–H and O–H groups in total. The highest BCUT2D eigenvalue weighted by Crippen LogP contribution is 2.32. The topological polar surface area (TPSA) is 37.3 Å². The first kappa shape index (κ1) is 14.2. The Morgan fingerprint density at radius 1 is 1.21 bits per heavy atom. The quantitative estimate of drug-likeness (QED) is 0.866. The Kier molecular flexibility index (Phi) is 4.66. The molecule has 2 aromatic rings. The van der Waals surface area contributed by atoms with Gasteiger partial charge < -0.3 is 5.11 Å². The predicted octanol–water partition coefficient (Wildman–Crippen LogP) is 4.86. The first-order valence-electron chi connectivity index (χ1n) is 5.90. The summed E-state index contributed by atoms with van der Waals surface area (Å²) in [6.07, 6.45) is 0.837. The van der Waals surface area contributed by atoms with E-state index in [1.165, 1.54) is 11.8 Å². The molecule has 0 bridgehead atoms. The number of hydrogen-bond acceptors (Lipinski definition) is 2. The second-order valence-corrected chi connectivity index (χ2v) is 6.08. The number of carboxylic acids is 1. The number of aryl methyl sites for hydroxylation is 1. The number of hydrogen-bond donors (Lipinski definition) is 1. The molecule has 0 saturated carbocycles. The van der Waals surface area contributed by atoms with Gasteiger partial charge in [0.15, 0.2) is 0 Å². The summed E-state index contributed by atoms with van der Waals surface area (Å²) < 4.78 is 1.01. The Hall–Kier alpha value is -1.26. The van der Waals surface area contributed by atoms with Gasteiger partial charge in [-0.05, 0) is 48.4 Å². The summed E-state index contributed by atoms with van der Waals surface area (Å²) >= 11 is 4.85. The third-order valence-electron chi connectivity index (χ3n) is 2.72. The molecule has 0 fully saturated rings. The molecule has 0 heterocycles. The van der Waals surface area contributed by atoms with E-state index in [9.17, 15) is 9.90 Å². The van der Waals surface area contributed by atoms with E-state index < -0.39 is 5.97 Å². The number of benzene rings is 2. The number of aromatic carboxylic acids is 1. The average molecular weight is 337 g/mol. The Labute approximate surface area is 125 Å². The summed E-state index contributed by atoms with van der Waals surface area (Å²) in [6, 6.07) is 13.4. The zero-order valence-corrected chi connectivity index (χ0v) is 12.8. The van der Waals surface area contributed by atoms with Crippen LogP contribution >= 0.6 is 27.7 Å². The number of halogens is 1. The van der Waals surface area contributed by atoms with Crippen LogP contribution in [0.2, 0.25) is 0 Å². The second kappa shape index (κ2) is 6.26. The first-order chi connectivity index (χ1) is 9.10. The molecule has 19 heavy (non-hydrogen) atoms. The number of rotatable bonds is 4. The van der Waals surface area contributed by atoms with Crippen LogP contribution < -0.4 is 0 Å². The van der Waals surface area contributed by atoms with Crippen LogP contribution in [0, 0.1) is 0 Å². The van der Waals surface area contributed by atoms with Crippen LogP contribution in [0.3, 0.4) is 0 Å². The average Bonchev–Trinajstić information content (AvgIpc) is 2.41. The van der Waals surface area contributed by atoms with Crippen molar-refractivity contribution in [3.05, 3.63) is 58.1 Å². The summed E-state index contributed by atoms with van der Waals surface area (Å²) in [4.78, 5) is 13.1. The molecule has 0 aliphatic carbocycles. The Balaban J connectivity index is 2.33. The largest absolute Gasteiger partial charge is 0.478 e. The lowest BCUT2D eigenvalue weighted by Crippen LogP contribution is -2.00. The van der Waals surface area contributed by atoms with Gasteiger partial charge in [0.2, 0.25) is 0 Å². The SMILES string of the molecule is CCc1ccc(Sc2ccc(Br)cc2)c(C(=O)O)c1. The van der Waals surface area contributed by atoms with Crippen molar-refractivity contribution >= 4 is 33.7 Å². The molecule has 0 spiro atoms. The minimum Gasteiger partial charge on any atom is -0.478 e. The molecule has 0 unspecified atom stereocenters. The summed E-state index contributed by atoms with van der Waals surface area (Å²) in [6.45, 7) is 2.02. The molecule has 0 aliphatic heterocycles. The molecule has 4 heteroatoms. The van der Waals surface area contributed by atoms with Crippen LogP contribution in [0.1, 0.15) is 22.8 Å². The Morgan fingerprint density at radius 3 is 2.47 bits per heavy atom. The lowest BCUT2D eigenvalue weighted by molar-refractivity contribution is 0.0693. The molecule has 0 radical (unpaired) electrons. The van der Waals surface area contributed by atoms with Gasteiger partial charge in [-0.15, -0.1) is 0 Å².